The molecule has 1 amide bonds. The number of rotatable bonds is 6. The van der Waals surface area contributed by atoms with Gasteiger partial charge >= 0.3 is 5.97 Å². The average Bonchev–Trinajstić information content (AvgIpc) is 2.89. The summed E-state index contributed by atoms with van der Waals surface area (Å²) in [6.07, 6.45) is 1.80. The van der Waals surface area contributed by atoms with Crippen molar-refractivity contribution in [2.75, 3.05) is 7.11 Å². The molecule has 0 radical (unpaired) electrons. The van der Waals surface area contributed by atoms with Crippen LogP contribution in [0.2, 0.25) is 0 Å². The molecule has 24 heavy (non-hydrogen) atoms. The number of carbonyl (C=O) groups is 2. The molecule has 5 heteroatoms. The number of aryl methyl sites for hydroxylation is 1. The van der Waals surface area contributed by atoms with Crippen LogP contribution in [0, 0.1) is 13.8 Å². The minimum absolute atomic E-state index is 0.0618. The van der Waals surface area contributed by atoms with Crippen molar-refractivity contribution in [3.05, 3.63) is 58.4 Å². The first kappa shape index (κ1) is 17.8. The molecular weight excluding hydrogens is 304 g/mol. The molecule has 2 aromatic rings. The fraction of sp³-hybridized carbons (Fsp3) is 0.368. The molecule has 0 saturated carbocycles. The fourth-order valence-corrected chi connectivity index (χ4v) is 2.91. The lowest BCUT2D eigenvalue weighted by atomic mass is 10.0. The van der Waals surface area contributed by atoms with Gasteiger partial charge in [-0.3, -0.25) is 4.79 Å². The maximum Gasteiger partial charge on any atom is 0.339 e. The van der Waals surface area contributed by atoms with Crippen LogP contribution in [-0.2, 0) is 4.74 Å². The van der Waals surface area contributed by atoms with Crippen LogP contribution in [0.1, 0.15) is 63.5 Å². The highest BCUT2D eigenvalue weighted by molar-refractivity contribution is 6.00. The largest absolute Gasteiger partial charge is 0.465 e. The van der Waals surface area contributed by atoms with Crippen LogP contribution in [0.25, 0.3) is 0 Å². The summed E-state index contributed by atoms with van der Waals surface area (Å²) < 4.78 is 4.79. The summed E-state index contributed by atoms with van der Waals surface area (Å²) >= 11 is 0. The highest BCUT2D eigenvalue weighted by Gasteiger charge is 2.24. The van der Waals surface area contributed by atoms with E-state index < -0.39 is 5.97 Å². The first-order valence-electron chi connectivity index (χ1n) is 8.12. The molecule has 2 N–H and O–H groups in total. The van der Waals surface area contributed by atoms with Crippen LogP contribution in [0.3, 0.4) is 0 Å². The van der Waals surface area contributed by atoms with Crippen molar-refractivity contribution < 1.29 is 14.3 Å². The lowest BCUT2D eigenvalue weighted by molar-refractivity contribution is 0.0599. The maximum absolute atomic E-state index is 12.7. The first-order chi connectivity index (χ1) is 11.5. The van der Waals surface area contributed by atoms with E-state index in [0.717, 1.165) is 18.4 Å². The van der Waals surface area contributed by atoms with Gasteiger partial charge in [0.2, 0.25) is 0 Å². The number of aromatic nitrogens is 1. The Balaban J connectivity index is 2.26. The number of benzene rings is 1. The average molecular weight is 328 g/mol. The number of nitrogens with one attached hydrogen (secondary N) is 2. The van der Waals surface area contributed by atoms with E-state index >= 15 is 0 Å². The molecule has 1 unspecified atom stereocenters. The number of H-pyrrole nitrogens is 1. The van der Waals surface area contributed by atoms with E-state index in [0.29, 0.717) is 22.5 Å². The summed E-state index contributed by atoms with van der Waals surface area (Å²) in [4.78, 5) is 27.6. The van der Waals surface area contributed by atoms with Gasteiger partial charge in [0.15, 0.2) is 0 Å². The van der Waals surface area contributed by atoms with Crippen LogP contribution in [-0.4, -0.2) is 24.0 Å². The number of esters is 1. The predicted molar refractivity (Wildman–Crippen MR) is 93.2 cm³/mol. The van der Waals surface area contributed by atoms with Crippen molar-refractivity contribution in [1.29, 1.82) is 0 Å². The van der Waals surface area contributed by atoms with E-state index in [2.05, 4.69) is 17.2 Å². The highest BCUT2D eigenvalue weighted by atomic mass is 16.5. The van der Waals surface area contributed by atoms with Crippen molar-refractivity contribution in [1.82, 2.24) is 10.3 Å². The number of amides is 1. The topological polar surface area (TPSA) is 71.2 Å². The van der Waals surface area contributed by atoms with E-state index in [4.69, 9.17) is 4.74 Å². The highest BCUT2D eigenvalue weighted by Crippen LogP contribution is 2.22. The molecular formula is C19H24N2O3. The third-order valence-electron chi connectivity index (χ3n) is 4.14. The van der Waals surface area contributed by atoms with Crippen LogP contribution >= 0.6 is 0 Å². The lowest BCUT2D eigenvalue weighted by Gasteiger charge is -2.18. The van der Waals surface area contributed by atoms with Crippen molar-refractivity contribution in [2.45, 2.75) is 39.7 Å². The zero-order chi connectivity index (χ0) is 17.7. The second-order valence-corrected chi connectivity index (χ2v) is 5.84. The Hall–Kier alpha value is -2.56. The second-order valence-electron chi connectivity index (χ2n) is 5.84. The molecule has 128 valence electrons. The predicted octanol–water partition coefficient (Wildman–Crippen LogP) is 3.69. The molecule has 0 bridgehead atoms. The second kappa shape index (κ2) is 7.81. The Morgan fingerprint density at radius 3 is 2.46 bits per heavy atom. The molecule has 1 aromatic carbocycles. The van der Waals surface area contributed by atoms with Crippen molar-refractivity contribution in [3.8, 4) is 0 Å². The van der Waals surface area contributed by atoms with Gasteiger partial charge < -0.3 is 15.0 Å². The van der Waals surface area contributed by atoms with Gasteiger partial charge in [-0.25, -0.2) is 4.79 Å². The summed E-state index contributed by atoms with van der Waals surface area (Å²) in [7, 11) is 1.33. The third kappa shape index (κ3) is 3.67. The third-order valence-corrected chi connectivity index (χ3v) is 4.14. The molecule has 1 heterocycles. The first-order valence-corrected chi connectivity index (χ1v) is 8.12. The smallest absolute Gasteiger partial charge is 0.339 e. The molecule has 0 spiro atoms. The van der Waals surface area contributed by atoms with Gasteiger partial charge in [0, 0.05) is 5.69 Å². The van der Waals surface area contributed by atoms with Crippen molar-refractivity contribution >= 4 is 11.9 Å². The van der Waals surface area contributed by atoms with Gasteiger partial charge in [0.25, 0.3) is 5.91 Å². The molecule has 0 fully saturated rings. The van der Waals surface area contributed by atoms with E-state index in [1.165, 1.54) is 7.11 Å². The zero-order valence-corrected chi connectivity index (χ0v) is 14.6. The molecule has 0 aliphatic heterocycles. The van der Waals surface area contributed by atoms with E-state index in [-0.39, 0.29) is 11.9 Å². The minimum atomic E-state index is -0.437. The standard InChI is InChI=1S/C19H24N2O3/c1-5-9-15(14-10-7-6-8-11-14)21-18(22)17-12(2)16(13(3)20-17)19(23)24-4/h6-8,10-11,15,20H,5,9H2,1-4H3,(H,21,22). The van der Waals surface area contributed by atoms with Crippen LogP contribution in [0.4, 0.5) is 0 Å². The van der Waals surface area contributed by atoms with E-state index in [1.54, 1.807) is 13.8 Å². The van der Waals surface area contributed by atoms with Crippen LogP contribution in [0.5, 0.6) is 0 Å². The summed E-state index contributed by atoms with van der Waals surface area (Å²) in [5, 5.41) is 3.07. The van der Waals surface area contributed by atoms with Crippen LogP contribution < -0.4 is 5.32 Å². The number of carbonyl (C=O) groups excluding carboxylic acids is 2. The Bertz CT molecular complexity index is 720. The Labute approximate surface area is 142 Å². The van der Waals surface area contributed by atoms with Gasteiger partial charge in [-0.15, -0.1) is 0 Å². The molecule has 1 atom stereocenters. The van der Waals surface area contributed by atoms with Crippen molar-refractivity contribution in [2.24, 2.45) is 0 Å². The van der Waals surface area contributed by atoms with Crippen LogP contribution in [0.15, 0.2) is 30.3 Å². The van der Waals surface area contributed by atoms with E-state index in [9.17, 15) is 9.59 Å². The van der Waals surface area contributed by atoms with Gasteiger partial charge in [-0.2, -0.15) is 0 Å². The Kier molecular flexibility index (Phi) is 5.79. The lowest BCUT2D eigenvalue weighted by Crippen LogP contribution is -2.29. The quantitative estimate of drug-likeness (QED) is 0.795. The van der Waals surface area contributed by atoms with Crippen molar-refractivity contribution in [3.63, 3.8) is 0 Å². The van der Waals surface area contributed by atoms with Gasteiger partial charge in [-0.05, 0) is 31.4 Å². The zero-order valence-electron chi connectivity index (χ0n) is 14.6. The minimum Gasteiger partial charge on any atom is -0.465 e. The number of hydrogen-bond acceptors (Lipinski definition) is 3. The SMILES string of the molecule is CCCC(NC(=O)c1[nH]c(C)c(C(=O)OC)c1C)c1ccccc1. The molecule has 0 saturated heterocycles. The monoisotopic (exact) mass is 328 g/mol. The number of ether oxygens (including phenoxy) is 1. The molecule has 1 aromatic heterocycles. The molecule has 0 aliphatic rings. The summed E-state index contributed by atoms with van der Waals surface area (Å²) in [5.41, 5.74) is 3.15. The molecule has 0 aliphatic carbocycles. The summed E-state index contributed by atoms with van der Waals surface area (Å²) in [6.45, 7) is 5.60. The Morgan fingerprint density at radius 2 is 1.88 bits per heavy atom. The molecule has 2 rings (SSSR count). The number of methoxy groups -OCH3 is 1. The number of aromatic amines is 1. The number of hydrogen-bond donors (Lipinski definition) is 2. The Morgan fingerprint density at radius 1 is 1.21 bits per heavy atom. The maximum atomic E-state index is 12.7. The molecule has 5 nitrogen and oxygen atoms in total. The summed E-state index contributed by atoms with van der Waals surface area (Å²) in [5.74, 6) is -0.651. The summed E-state index contributed by atoms with van der Waals surface area (Å²) in [6, 6.07) is 9.83. The fourth-order valence-electron chi connectivity index (χ4n) is 2.91. The van der Waals surface area contributed by atoms with Gasteiger partial charge in [-0.1, -0.05) is 43.7 Å². The van der Waals surface area contributed by atoms with E-state index in [1.807, 2.05) is 30.3 Å². The van der Waals surface area contributed by atoms with Gasteiger partial charge in [0.05, 0.1) is 18.7 Å². The normalized spacial score (nSPS) is 11.8. The van der Waals surface area contributed by atoms with Gasteiger partial charge in [0.1, 0.15) is 5.69 Å².